The largest absolute Gasteiger partial charge is 0.481 e. The molecule has 1 amide bonds. The Morgan fingerprint density at radius 2 is 1.81 bits per heavy atom. The number of anilines is 1. The van der Waals surface area contributed by atoms with Crippen molar-refractivity contribution in [3.63, 3.8) is 0 Å². The highest BCUT2D eigenvalue weighted by Gasteiger charge is 2.36. The van der Waals surface area contributed by atoms with Gasteiger partial charge in [0.15, 0.2) is 0 Å². The lowest BCUT2D eigenvalue weighted by molar-refractivity contribution is -0.383. The summed E-state index contributed by atoms with van der Waals surface area (Å²) in [6, 6.07) is 5.83. The first kappa shape index (κ1) is 15.0. The molecule has 1 aromatic carbocycles. The third-order valence-corrected chi connectivity index (χ3v) is 3.78. The first-order valence-electron chi connectivity index (χ1n) is 6.78. The Kier molecular flexibility index (Phi) is 4.52. The molecule has 1 aliphatic carbocycles. The van der Waals surface area contributed by atoms with Crippen LogP contribution in [-0.2, 0) is 9.59 Å². The number of carboxylic acid groups (broad SMARTS) is 1. The summed E-state index contributed by atoms with van der Waals surface area (Å²) in [7, 11) is 0. The Labute approximate surface area is 121 Å². The van der Waals surface area contributed by atoms with Crippen molar-refractivity contribution in [1.29, 1.82) is 0 Å². The third kappa shape index (κ3) is 3.36. The first-order chi connectivity index (χ1) is 10.0. The van der Waals surface area contributed by atoms with Crippen LogP contribution in [0.4, 0.5) is 11.4 Å². The van der Waals surface area contributed by atoms with Gasteiger partial charge in [0.2, 0.25) is 5.91 Å². The number of carboxylic acids is 1. The van der Waals surface area contributed by atoms with Gasteiger partial charge in [-0.1, -0.05) is 25.0 Å². The second kappa shape index (κ2) is 6.34. The number of nitro benzene ring substituents is 1. The van der Waals surface area contributed by atoms with Crippen molar-refractivity contribution in [3.8, 4) is 0 Å². The van der Waals surface area contributed by atoms with Gasteiger partial charge in [0.1, 0.15) is 5.69 Å². The van der Waals surface area contributed by atoms with Crippen LogP contribution in [-0.4, -0.2) is 21.9 Å². The van der Waals surface area contributed by atoms with E-state index in [9.17, 15) is 24.8 Å². The molecule has 1 fully saturated rings. The van der Waals surface area contributed by atoms with E-state index in [1.807, 2.05) is 0 Å². The molecule has 2 rings (SSSR count). The van der Waals surface area contributed by atoms with E-state index in [-0.39, 0.29) is 11.4 Å². The average Bonchev–Trinajstić information content (AvgIpc) is 2.47. The molecule has 112 valence electrons. The highest BCUT2D eigenvalue weighted by atomic mass is 16.6. The lowest BCUT2D eigenvalue weighted by Gasteiger charge is -2.27. The second-order valence-electron chi connectivity index (χ2n) is 5.10. The number of benzene rings is 1. The number of hydrogen-bond donors (Lipinski definition) is 2. The zero-order chi connectivity index (χ0) is 15.4. The van der Waals surface area contributed by atoms with Gasteiger partial charge in [-0.2, -0.15) is 0 Å². The smallest absolute Gasteiger partial charge is 0.307 e. The molecular weight excluding hydrogens is 276 g/mol. The SMILES string of the molecule is O=C(O)C1CCCCC1C(=O)Nc1ccccc1[N+](=O)[O-]. The zero-order valence-corrected chi connectivity index (χ0v) is 11.3. The molecule has 1 aliphatic rings. The normalized spacial score (nSPS) is 21.5. The predicted molar refractivity (Wildman–Crippen MR) is 74.8 cm³/mol. The molecule has 0 heterocycles. The van der Waals surface area contributed by atoms with Crippen molar-refractivity contribution in [3.05, 3.63) is 34.4 Å². The molecule has 7 heteroatoms. The quantitative estimate of drug-likeness (QED) is 0.654. The number of nitro groups is 1. The van der Waals surface area contributed by atoms with Gasteiger partial charge in [-0.05, 0) is 18.9 Å². The van der Waals surface area contributed by atoms with Crippen molar-refractivity contribution >= 4 is 23.3 Å². The van der Waals surface area contributed by atoms with Gasteiger partial charge in [-0.25, -0.2) is 0 Å². The molecule has 0 aromatic heterocycles. The number of amides is 1. The molecule has 21 heavy (non-hydrogen) atoms. The molecule has 0 bridgehead atoms. The van der Waals surface area contributed by atoms with Crippen LogP contribution < -0.4 is 5.32 Å². The van der Waals surface area contributed by atoms with Gasteiger partial charge in [-0.15, -0.1) is 0 Å². The van der Waals surface area contributed by atoms with Gasteiger partial charge in [0, 0.05) is 6.07 Å². The van der Waals surface area contributed by atoms with E-state index in [4.69, 9.17) is 0 Å². The second-order valence-corrected chi connectivity index (χ2v) is 5.10. The van der Waals surface area contributed by atoms with Crippen LogP contribution in [0.15, 0.2) is 24.3 Å². The number of nitrogens with zero attached hydrogens (tertiary/aromatic N) is 1. The maximum absolute atomic E-state index is 12.3. The number of rotatable bonds is 4. The molecule has 2 unspecified atom stereocenters. The lowest BCUT2D eigenvalue weighted by atomic mass is 9.78. The summed E-state index contributed by atoms with van der Waals surface area (Å²) in [5.74, 6) is -2.81. The van der Waals surface area contributed by atoms with Crippen LogP contribution in [0, 0.1) is 22.0 Å². The maximum Gasteiger partial charge on any atom is 0.307 e. The Balaban J connectivity index is 2.17. The molecule has 0 saturated heterocycles. The molecule has 1 aromatic rings. The summed E-state index contributed by atoms with van der Waals surface area (Å²) in [5, 5.41) is 22.6. The fraction of sp³-hybridized carbons (Fsp3) is 0.429. The van der Waals surface area contributed by atoms with Crippen LogP contribution in [0.2, 0.25) is 0 Å². The third-order valence-electron chi connectivity index (χ3n) is 3.78. The van der Waals surface area contributed by atoms with E-state index >= 15 is 0 Å². The van der Waals surface area contributed by atoms with Crippen molar-refractivity contribution in [2.75, 3.05) is 5.32 Å². The summed E-state index contributed by atoms with van der Waals surface area (Å²) < 4.78 is 0. The standard InChI is InChI=1S/C14H16N2O5/c17-13(9-5-1-2-6-10(9)14(18)19)15-11-7-3-4-8-12(11)16(20)21/h3-4,7-10H,1-2,5-6H2,(H,15,17)(H,18,19). The van der Waals surface area contributed by atoms with Crippen LogP contribution in [0.5, 0.6) is 0 Å². The molecule has 2 atom stereocenters. The van der Waals surface area contributed by atoms with Crippen molar-refractivity contribution in [2.24, 2.45) is 11.8 Å². The maximum atomic E-state index is 12.3. The minimum Gasteiger partial charge on any atom is -0.481 e. The van der Waals surface area contributed by atoms with E-state index in [1.54, 1.807) is 6.07 Å². The summed E-state index contributed by atoms with van der Waals surface area (Å²) in [6.45, 7) is 0. The number of aliphatic carboxylic acids is 1. The van der Waals surface area contributed by atoms with Gasteiger partial charge in [-0.3, -0.25) is 19.7 Å². The molecule has 2 N–H and O–H groups in total. The van der Waals surface area contributed by atoms with Crippen LogP contribution in [0.1, 0.15) is 25.7 Å². The van der Waals surface area contributed by atoms with E-state index in [1.165, 1.54) is 18.2 Å². The fourth-order valence-corrected chi connectivity index (χ4v) is 2.70. The van der Waals surface area contributed by atoms with Crippen molar-refractivity contribution in [1.82, 2.24) is 0 Å². The van der Waals surface area contributed by atoms with Crippen molar-refractivity contribution < 1.29 is 19.6 Å². The Morgan fingerprint density at radius 1 is 1.19 bits per heavy atom. The highest BCUT2D eigenvalue weighted by molar-refractivity contribution is 5.96. The molecule has 7 nitrogen and oxygen atoms in total. The van der Waals surface area contributed by atoms with Crippen LogP contribution in [0.25, 0.3) is 0 Å². The molecular formula is C14H16N2O5. The minimum atomic E-state index is -0.989. The van der Waals surface area contributed by atoms with Gasteiger partial charge in [0.05, 0.1) is 16.8 Å². The number of nitrogens with one attached hydrogen (secondary N) is 1. The Bertz CT molecular complexity index is 572. The van der Waals surface area contributed by atoms with Crippen LogP contribution >= 0.6 is 0 Å². The summed E-state index contributed by atoms with van der Waals surface area (Å²) in [5.41, 5.74) is -0.101. The highest BCUT2D eigenvalue weighted by Crippen LogP contribution is 2.32. The average molecular weight is 292 g/mol. The van der Waals surface area contributed by atoms with E-state index in [0.29, 0.717) is 12.8 Å². The topological polar surface area (TPSA) is 110 Å². The molecule has 0 spiro atoms. The van der Waals surface area contributed by atoms with E-state index in [2.05, 4.69) is 5.32 Å². The molecule has 1 saturated carbocycles. The molecule has 0 radical (unpaired) electrons. The summed E-state index contributed by atoms with van der Waals surface area (Å²) in [6.07, 6.45) is 2.53. The predicted octanol–water partition coefficient (Wildman–Crippen LogP) is 2.42. The fourth-order valence-electron chi connectivity index (χ4n) is 2.70. The number of carbonyl (C=O) groups is 2. The summed E-state index contributed by atoms with van der Waals surface area (Å²) in [4.78, 5) is 33.8. The Morgan fingerprint density at radius 3 is 2.43 bits per heavy atom. The zero-order valence-electron chi connectivity index (χ0n) is 11.3. The van der Waals surface area contributed by atoms with E-state index < -0.39 is 28.6 Å². The van der Waals surface area contributed by atoms with Crippen molar-refractivity contribution in [2.45, 2.75) is 25.7 Å². The number of carbonyl (C=O) groups excluding carboxylic acids is 1. The number of hydrogen-bond acceptors (Lipinski definition) is 4. The van der Waals surface area contributed by atoms with Crippen LogP contribution in [0.3, 0.4) is 0 Å². The number of para-hydroxylation sites is 2. The monoisotopic (exact) mass is 292 g/mol. The van der Waals surface area contributed by atoms with E-state index in [0.717, 1.165) is 12.8 Å². The molecule has 0 aliphatic heterocycles. The minimum absolute atomic E-state index is 0.0993. The first-order valence-corrected chi connectivity index (χ1v) is 6.78. The summed E-state index contributed by atoms with van der Waals surface area (Å²) >= 11 is 0. The van der Waals surface area contributed by atoms with Gasteiger partial charge in [0.25, 0.3) is 5.69 Å². The van der Waals surface area contributed by atoms with Gasteiger partial charge < -0.3 is 10.4 Å². The lowest BCUT2D eigenvalue weighted by Crippen LogP contribution is -2.36. The van der Waals surface area contributed by atoms with Gasteiger partial charge >= 0.3 is 5.97 Å². The Hall–Kier alpha value is -2.44.